The van der Waals surface area contributed by atoms with Gasteiger partial charge in [0.2, 0.25) is 5.91 Å². The molecule has 0 saturated carbocycles. The van der Waals surface area contributed by atoms with Gasteiger partial charge in [-0.15, -0.1) is 0 Å². The van der Waals surface area contributed by atoms with Crippen LogP contribution in [0.4, 0.5) is 5.69 Å². The van der Waals surface area contributed by atoms with Crippen LogP contribution in [0.2, 0.25) is 0 Å². The van der Waals surface area contributed by atoms with Gasteiger partial charge in [0.05, 0.1) is 6.10 Å². The number of hydrogen-bond acceptors (Lipinski definition) is 4. The highest BCUT2D eigenvalue weighted by atomic mass is 16.3. The summed E-state index contributed by atoms with van der Waals surface area (Å²) < 4.78 is 1.29. The summed E-state index contributed by atoms with van der Waals surface area (Å²) in [5, 5.41) is 9.51. The van der Waals surface area contributed by atoms with Crippen LogP contribution < -0.4 is 11.3 Å². The zero-order chi connectivity index (χ0) is 13.1. The van der Waals surface area contributed by atoms with Crippen molar-refractivity contribution in [2.24, 2.45) is 0 Å². The molecule has 1 aliphatic heterocycles. The number of aromatic nitrogens is 1. The summed E-state index contributed by atoms with van der Waals surface area (Å²) in [6, 6.07) is 2.85. The molecular weight excluding hydrogens is 234 g/mol. The number of amides is 1. The van der Waals surface area contributed by atoms with Gasteiger partial charge in [-0.25, -0.2) is 0 Å². The van der Waals surface area contributed by atoms with Crippen LogP contribution in [0.5, 0.6) is 0 Å². The summed E-state index contributed by atoms with van der Waals surface area (Å²) in [7, 11) is 0. The first kappa shape index (κ1) is 12.6. The SMILES string of the molecule is Nc1ccc(=O)n(CC(=O)N2CCCC(O)C2)c1. The molecule has 6 nitrogen and oxygen atoms in total. The highest BCUT2D eigenvalue weighted by molar-refractivity contribution is 5.76. The van der Waals surface area contributed by atoms with Crippen LogP contribution in [0.25, 0.3) is 0 Å². The lowest BCUT2D eigenvalue weighted by molar-refractivity contribution is -0.134. The Morgan fingerprint density at radius 1 is 1.50 bits per heavy atom. The van der Waals surface area contributed by atoms with E-state index in [1.807, 2.05) is 0 Å². The lowest BCUT2D eigenvalue weighted by atomic mass is 10.1. The fourth-order valence-corrected chi connectivity index (χ4v) is 2.10. The first-order chi connectivity index (χ1) is 8.56. The van der Waals surface area contributed by atoms with E-state index < -0.39 is 6.10 Å². The number of piperidine rings is 1. The fourth-order valence-electron chi connectivity index (χ4n) is 2.10. The van der Waals surface area contributed by atoms with Crippen LogP contribution in [-0.2, 0) is 11.3 Å². The van der Waals surface area contributed by atoms with Gasteiger partial charge in [-0.3, -0.25) is 9.59 Å². The molecule has 98 valence electrons. The van der Waals surface area contributed by atoms with Gasteiger partial charge in [-0.1, -0.05) is 0 Å². The minimum absolute atomic E-state index is 0.0312. The lowest BCUT2D eigenvalue weighted by Crippen LogP contribution is -2.44. The molecule has 1 amide bonds. The summed E-state index contributed by atoms with van der Waals surface area (Å²) in [6.07, 6.45) is 2.52. The number of nitrogen functional groups attached to an aromatic ring is 1. The topological polar surface area (TPSA) is 88.6 Å². The highest BCUT2D eigenvalue weighted by Gasteiger charge is 2.22. The van der Waals surface area contributed by atoms with Gasteiger partial charge in [-0.05, 0) is 18.9 Å². The molecule has 0 spiro atoms. The van der Waals surface area contributed by atoms with Crippen molar-refractivity contribution in [3.63, 3.8) is 0 Å². The average molecular weight is 251 g/mol. The normalized spacial score (nSPS) is 19.8. The van der Waals surface area contributed by atoms with Crippen molar-refractivity contribution in [1.29, 1.82) is 0 Å². The number of likely N-dealkylation sites (tertiary alicyclic amines) is 1. The lowest BCUT2D eigenvalue weighted by Gasteiger charge is -2.30. The first-order valence-electron chi connectivity index (χ1n) is 5.98. The number of carbonyl (C=O) groups is 1. The van der Waals surface area contributed by atoms with Gasteiger partial charge in [-0.2, -0.15) is 0 Å². The molecule has 1 fully saturated rings. The molecule has 1 aromatic heterocycles. The predicted octanol–water partition coefficient (Wildman–Crippen LogP) is -0.586. The van der Waals surface area contributed by atoms with E-state index in [0.717, 1.165) is 12.8 Å². The van der Waals surface area contributed by atoms with E-state index in [1.54, 1.807) is 4.90 Å². The molecule has 1 saturated heterocycles. The van der Waals surface area contributed by atoms with Crippen LogP contribution in [0, 0.1) is 0 Å². The first-order valence-corrected chi connectivity index (χ1v) is 5.98. The van der Waals surface area contributed by atoms with Gasteiger partial charge in [0.25, 0.3) is 5.56 Å². The number of β-amino-alcohol motifs (C(OH)–C–C–N with tert-alkyl or cyclic N) is 1. The Morgan fingerprint density at radius 2 is 2.28 bits per heavy atom. The molecule has 0 aromatic carbocycles. The van der Waals surface area contributed by atoms with Crippen LogP contribution in [0.3, 0.4) is 0 Å². The quantitative estimate of drug-likeness (QED) is 0.735. The van der Waals surface area contributed by atoms with E-state index in [-0.39, 0.29) is 18.0 Å². The van der Waals surface area contributed by atoms with Gasteiger partial charge in [0.1, 0.15) is 6.54 Å². The molecular formula is C12H17N3O3. The van der Waals surface area contributed by atoms with Gasteiger partial charge in [0.15, 0.2) is 0 Å². The smallest absolute Gasteiger partial charge is 0.251 e. The third kappa shape index (κ3) is 2.89. The summed E-state index contributed by atoms with van der Waals surface area (Å²) in [6.45, 7) is 0.944. The number of nitrogens with zero attached hydrogens (tertiary/aromatic N) is 2. The standard InChI is InChI=1S/C12H17N3O3/c13-9-3-4-11(17)15(6-9)8-12(18)14-5-1-2-10(16)7-14/h3-4,6,10,16H,1-2,5,7-8,13H2. The minimum Gasteiger partial charge on any atom is -0.398 e. The number of hydrogen-bond donors (Lipinski definition) is 2. The Hall–Kier alpha value is -1.82. The molecule has 6 heteroatoms. The van der Waals surface area contributed by atoms with E-state index in [2.05, 4.69) is 0 Å². The summed E-state index contributed by atoms with van der Waals surface area (Å²) in [5.74, 6) is -0.165. The Labute approximate surface area is 105 Å². The maximum atomic E-state index is 12.0. The second-order valence-corrected chi connectivity index (χ2v) is 4.56. The second kappa shape index (κ2) is 5.22. The molecule has 2 heterocycles. The Bertz CT molecular complexity index is 498. The van der Waals surface area contributed by atoms with E-state index >= 15 is 0 Å². The molecule has 0 radical (unpaired) electrons. The number of aliphatic hydroxyl groups is 1. The molecule has 1 unspecified atom stereocenters. The number of anilines is 1. The van der Waals surface area contributed by atoms with Crippen LogP contribution in [0.1, 0.15) is 12.8 Å². The van der Waals surface area contributed by atoms with E-state index in [4.69, 9.17) is 5.73 Å². The Balaban J connectivity index is 2.06. The third-order valence-electron chi connectivity index (χ3n) is 3.06. The fraction of sp³-hybridized carbons (Fsp3) is 0.500. The predicted molar refractivity (Wildman–Crippen MR) is 66.9 cm³/mol. The molecule has 18 heavy (non-hydrogen) atoms. The monoisotopic (exact) mass is 251 g/mol. The zero-order valence-electron chi connectivity index (χ0n) is 10.1. The van der Waals surface area contributed by atoms with Crippen molar-refractivity contribution < 1.29 is 9.90 Å². The molecule has 1 aliphatic rings. The summed E-state index contributed by atoms with van der Waals surface area (Å²) in [4.78, 5) is 25.1. The van der Waals surface area contributed by atoms with Gasteiger partial charge < -0.3 is 20.3 Å². The van der Waals surface area contributed by atoms with Crippen LogP contribution in [-0.4, -0.2) is 39.7 Å². The van der Waals surface area contributed by atoms with Crippen molar-refractivity contribution in [3.05, 3.63) is 28.7 Å². The number of pyridine rings is 1. The van der Waals surface area contributed by atoms with Crippen molar-refractivity contribution >= 4 is 11.6 Å². The van der Waals surface area contributed by atoms with Crippen molar-refractivity contribution in [1.82, 2.24) is 9.47 Å². The van der Waals surface area contributed by atoms with Crippen molar-refractivity contribution in [2.75, 3.05) is 18.8 Å². The number of nitrogens with two attached hydrogens (primary N) is 1. The number of carbonyl (C=O) groups excluding carboxylic acids is 1. The third-order valence-corrected chi connectivity index (χ3v) is 3.06. The highest BCUT2D eigenvalue weighted by Crippen LogP contribution is 2.10. The molecule has 0 aliphatic carbocycles. The number of aliphatic hydroxyl groups excluding tert-OH is 1. The molecule has 1 aromatic rings. The summed E-state index contributed by atoms with van der Waals surface area (Å²) in [5.41, 5.74) is 5.77. The minimum atomic E-state index is -0.458. The number of rotatable bonds is 2. The average Bonchev–Trinajstić information content (AvgIpc) is 2.34. The maximum absolute atomic E-state index is 12.0. The molecule has 2 rings (SSSR count). The van der Waals surface area contributed by atoms with Crippen LogP contribution in [0.15, 0.2) is 23.1 Å². The van der Waals surface area contributed by atoms with Crippen molar-refractivity contribution in [3.8, 4) is 0 Å². The largest absolute Gasteiger partial charge is 0.398 e. The molecule has 1 atom stereocenters. The molecule has 0 bridgehead atoms. The van der Waals surface area contributed by atoms with Gasteiger partial charge in [0, 0.05) is 31.0 Å². The summed E-state index contributed by atoms with van der Waals surface area (Å²) >= 11 is 0. The molecule has 3 N–H and O–H groups in total. The Morgan fingerprint density at radius 3 is 3.00 bits per heavy atom. The second-order valence-electron chi connectivity index (χ2n) is 4.56. The Kier molecular flexibility index (Phi) is 3.66. The maximum Gasteiger partial charge on any atom is 0.251 e. The van der Waals surface area contributed by atoms with Gasteiger partial charge >= 0.3 is 0 Å². The van der Waals surface area contributed by atoms with Crippen LogP contribution >= 0.6 is 0 Å². The van der Waals surface area contributed by atoms with E-state index in [1.165, 1.54) is 22.9 Å². The zero-order valence-corrected chi connectivity index (χ0v) is 10.1. The van der Waals surface area contributed by atoms with Crippen molar-refractivity contribution in [2.45, 2.75) is 25.5 Å². The van der Waals surface area contributed by atoms with E-state index in [0.29, 0.717) is 18.8 Å². The van der Waals surface area contributed by atoms with E-state index in [9.17, 15) is 14.7 Å².